The summed E-state index contributed by atoms with van der Waals surface area (Å²) in [6.45, 7) is 1.64. The van der Waals surface area contributed by atoms with E-state index in [1.807, 2.05) is 0 Å². The van der Waals surface area contributed by atoms with Gasteiger partial charge in [-0.15, -0.1) is 0 Å². The van der Waals surface area contributed by atoms with Crippen LogP contribution in [0, 0.1) is 12.7 Å². The van der Waals surface area contributed by atoms with E-state index in [0.29, 0.717) is 22.4 Å². The molecule has 0 spiro atoms. The van der Waals surface area contributed by atoms with E-state index in [0.717, 1.165) is 0 Å². The minimum atomic E-state index is -0.323. The Hall–Kier alpha value is -2.04. The molecule has 1 heterocycles. The van der Waals surface area contributed by atoms with Crippen LogP contribution in [-0.4, -0.2) is 12.3 Å². The van der Waals surface area contributed by atoms with Crippen molar-refractivity contribution in [2.45, 2.75) is 6.92 Å². The van der Waals surface area contributed by atoms with Crippen LogP contribution in [0.2, 0.25) is 0 Å². The zero-order chi connectivity index (χ0) is 11.7. The predicted molar refractivity (Wildman–Crippen MR) is 57.6 cm³/mol. The number of anilines is 1. The highest BCUT2D eigenvalue weighted by Crippen LogP contribution is 2.36. The van der Waals surface area contributed by atoms with Crippen LogP contribution in [0.25, 0.3) is 11.1 Å². The van der Waals surface area contributed by atoms with Gasteiger partial charge in [-0.3, -0.25) is 0 Å². The summed E-state index contributed by atoms with van der Waals surface area (Å²) in [6, 6.07) is 2.95. The van der Waals surface area contributed by atoms with Crippen LogP contribution >= 0.6 is 0 Å². The van der Waals surface area contributed by atoms with Gasteiger partial charge < -0.3 is 15.0 Å². The van der Waals surface area contributed by atoms with Gasteiger partial charge in [0.15, 0.2) is 0 Å². The fourth-order valence-electron chi connectivity index (χ4n) is 1.59. The lowest BCUT2D eigenvalue weighted by molar-refractivity contribution is 0.409. The van der Waals surface area contributed by atoms with Gasteiger partial charge in [0.05, 0.1) is 18.9 Å². The van der Waals surface area contributed by atoms with Gasteiger partial charge in [0.1, 0.15) is 11.6 Å². The van der Waals surface area contributed by atoms with Crippen molar-refractivity contribution in [3.05, 3.63) is 29.7 Å². The molecule has 0 amide bonds. The van der Waals surface area contributed by atoms with Crippen molar-refractivity contribution in [1.29, 1.82) is 0 Å². The van der Waals surface area contributed by atoms with Crippen molar-refractivity contribution in [1.82, 2.24) is 5.16 Å². The van der Waals surface area contributed by atoms with E-state index in [-0.39, 0.29) is 11.7 Å². The molecule has 4 nitrogen and oxygen atoms in total. The average Bonchev–Trinajstić information content (AvgIpc) is 2.68. The van der Waals surface area contributed by atoms with Gasteiger partial charge in [-0.05, 0) is 19.1 Å². The van der Waals surface area contributed by atoms with Gasteiger partial charge >= 0.3 is 0 Å². The average molecular weight is 222 g/mol. The number of halogens is 1. The number of nitrogen functional groups attached to an aromatic ring is 1. The highest BCUT2D eigenvalue weighted by atomic mass is 19.1. The lowest BCUT2D eigenvalue weighted by Gasteiger charge is -2.10. The minimum absolute atomic E-state index is 0.185. The molecular formula is C11H11FN2O2. The number of nitrogens with two attached hydrogens (primary N) is 1. The number of hydrogen-bond donors (Lipinski definition) is 1. The molecule has 0 saturated carbocycles. The standard InChI is InChI=1S/C11H11FN2O2/c1-6-9(12)4-3-7(10(6)15-2)8-5-14-16-11(8)13/h3-5H,13H2,1-2H3. The quantitative estimate of drug-likeness (QED) is 0.847. The molecule has 0 saturated heterocycles. The normalized spacial score (nSPS) is 10.4. The first-order valence-electron chi connectivity index (χ1n) is 4.68. The van der Waals surface area contributed by atoms with Crippen molar-refractivity contribution < 1.29 is 13.7 Å². The van der Waals surface area contributed by atoms with E-state index < -0.39 is 0 Å². The summed E-state index contributed by atoms with van der Waals surface area (Å²) in [7, 11) is 1.48. The fourth-order valence-corrected chi connectivity index (χ4v) is 1.59. The van der Waals surface area contributed by atoms with Gasteiger partial charge in [0.2, 0.25) is 5.88 Å². The molecule has 0 fully saturated rings. The maximum Gasteiger partial charge on any atom is 0.230 e. The Bertz CT molecular complexity index is 523. The molecule has 2 aromatic rings. The first-order chi connectivity index (χ1) is 7.65. The van der Waals surface area contributed by atoms with Gasteiger partial charge in [-0.1, -0.05) is 5.16 Å². The molecule has 1 aromatic heterocycles. The monoisotopic (exact) mass is 222 g/mol. The Kier molecular flexibility index (Phi) is 2.52. The molecule has 0 aliphatic carbocycles. The first-order valence-corrected chi connectivity index (χ1v) is 4.68. The van der Waals surface area contributed by atoms with Gasteiger partial charge in [0.25, 0.3) is 0 Å². The third kappa shape index (κ3) is 1.50. The number of ether oxygens (including phenoxy) is 1. The Morgan fingerprint density at radius 2 is 2.12 bits per heavy atom. The van der Waals surface area contributed by atoms with Crippen LogP contribution in [-0.2, 0) is 0 Å². The van der Waals surface area contributed by atoms with Gasteiger partial charge in [-0.2, -0.15) is 0 Å². The molecule has 0 aliphatic rings. The molecule has 0 aliphatic heterocycles. The van der Waals surface area contributed by atoms with Crippen LogP contribution in [0.15, 0.2) is 22.9 Å². The highest BCUT2D eigenvalue weighted by molar-refractivity contribution is 5.78. The van der Waals surface area contributed by atoms with E-state index >= 15 is 0 Å². The number of benzene rings is 1. The van der Waals surface area contributed by atoms with Crippen LogP contribution < -0.4 is 10.5 Å². The maximum absolute atomic E-state index is 13.3. The first kappa shape index (κ1) is 10.5. The lowest BCUT2D eigenvalue weighted by atomic mass is 10.0. The Labute approximate surface area is 91.8 Å². The second-order valence-electron chi connectivity index (χ2n) is 3.36. The molecule has 0 radical (unpaired) electrons. The lowest BCUT2D eigenvalue weighted by Crippen LogP contribution is -1.95. The second-order valence-corrected chi connectivity index (χ2v) is 3.36. The van der Waals surface area contributed by atoms with Crippen molar-refractivity contribution >= 4 is 5.88 Å². The topological polar surface area (TPSA) is 61.3 Å². The van der Waals surface area contributed by atoms with Crippen molar-refractivity contribution in [3.8, 4) is 16.9 Å². The van der Waals surface area contributed by atoms with Crippen molar-refractivity contribution in [2.24, 2.45) is 0 Å². The Balaban J connectivity index is 2.66. The minimum Gasteiger partial charge on any atom is -0.496 e. The summed E-state index contributed by atoms with van der Waals surface area (Å²) < 4.78 is 23.3. The summed E-state index contributed by atoms with van der Waals surface area (Å²) in [5.41, 5.74) is 7.30. The van der Waals surface area contributed by atoms with E-state index in [9.17, 15) is 4.39 Å². The van der Waals surface area contributed by atoms with Crippen molar-refractivity contribution in [2.75, 3.05) is 12.8 Å². The fraction of sp³-hybridized carbons (Fsp3) is 0.182. The highest BCUT2D eigenvalue weighted by Gasteiger charge is 2.16. The van der Waals surface area contributed by atoms with E-state index in [1.165, 1.54) is 19.4 Å². The Morgan fingerprint density at radius 3 is 2.69 bits per heavy atom. The van der Waals surface area contributed by atoms with Gasteiger partial charge in [-0.25, -0.2) is 4.39 Å². The zero-order valence-corrected chi connectivity index (χ0v) is 8.95. The van der Waals surface area contributed by atoms with E-state index in [2.05, 4.69) is 5.16 Å². The molecule has 16 heavy (non-hydrogen) atoms. The summed E-state index contributed by atoms with van der Waals surface area (Å²) in [4.78, 5) is 0. The summed E-state index contributed by atoms with van der Waals surface area (Å²) in [5.74, 6) is 0.301. The van der Waals surface area contributed by atoms with E-state index in [4.69, 9.17) is 15.0 Å². The smallest absolute Gasteiger partial charge is 0.230 e. The molecule has 84 valence electrons. The number of aromatic nitrogens is 1. The molecule has 5 heteroatoms. The van der Waals surface area contributed by atoms with Crippen LogP contribution in [0.3, 0.4) is 0 Å². The number of nitrogens with zero attached hydrogens (tertiary/aromatic N) is 1. The molecule has 2 rings (SSSR count). The van der Waals surface area contributed by atoms with Crippen LogP contribution in [0.4, 0.5) is 10.3 Å². The Morgan fingerprint density at radius 1 is 1.38 bits per heavy atom. The molecule has 1 aromatic carbocycles. The predicted octanol–water partition coefficient (Wildman–Crippen LogP) is 2.38. The zero-order valence-electron chi connectivity index (χ0n) is 8.95. The number of rotatable bonds is 2. The summed E-state index contributed by atoms with van der Waals surface area (Å²) >= 11 is 0. The summed E-state index contributed by atoms with van der Waals surface area (Å²) in [5, 5.41) is 3.58. The van der Waals surface area contributed by atoms with Crippen LogP contribution in [0.5, 0.6) is 5.75 Å². The molecule has 0 unspecified atom stereocenters. The summed E-state index contributed by atoms with van der Waals surface area (Å²) in [6.07, 6.45) is 1.48. The third-order valence-electron chi connectivity index (χ3n) is 2.43. The van der Waals surface area contributed by atoms with Gasteiger partial charge in [0, 0.05) is 11.1 Å². The van der Waals surface area contributed by atoms with E-state index in [1.54, 1.807) is 13.0 Å². The van der Waals surface area contributed by atoms with Crippen LogP contribution in [0.1, 0.15) is 5.56 Å². The SMILES string of the molecule is COc1c(-c2cnoc2N)ccc(F)c1C. The number of methoxy groups -OCH3 is 1. The maximum atomic E-state index is 13.3. The molecule has 0 atom stereocenters. The second kappa shape index (κ2) is 3.84. The number of hydrogen-bond acceptors (Lipinski definition) is 4. The molecule has 2 N–H and O–H groups in total. The molecule has 0 bridgehead atoms. The molecular weight excluding hydrogens is 211 g/mol. The largest absolute Gasteiger partial charge is 0.496 e. The van der Waals surface area contributed by atoms with Crippen molar-refractivity contribution in [3.63, 3.8) is 0 Å². The third-order valence-corrected chi connectivity index (χ3v) is 2.43.